The van der Waals surface area contributed by atoms with Gasteiger partial charge >= 0.3 is 6.18 Å². The molecule has 0 spiro atoms. The van der Waals surface area contributed by atoms with Gasteiger partial charge in [-0.25, -0.2) is 0 Å². The lowest BCUT2D eigenvalue weighted by Gasteiger charge is -2.06. The molecule has 0 fully saturated rings. The van der Waals surface area contributed by atoms with Gasteiger partial charge in [-0.15, -0.1) is 0 Å². The number of aliphatic hydroxyl groups is 1. The predicted molar refractivity (Wildman–Crippen MR) is 49.6 cm³/mol. The van der Waals surface area contributed by atoms with Crippen molar-refractivity contribution in [2.75, 3.05) is 7.11 Å². The van der Waals surface area contributed by atoms with E-state index in [2.05, 4.69) is 0 Å². The highest BCUT2D eigenvalue weighted by atomic mass is 35.5. The van der Waals surface area contributed by atoms with Gasteiger partial charge in [0, 0.05) is 17.2 Å². The average Bonchev–Trinajstić information content (AvgIpc) is 2.04. The van der Waals surface area contributed by atoms with Crippen molar-refractivity contribution in [2.24, 2.45) is 0 Å². The molecule has 14 heavy (non-hydrogen) atoms. The molecule has 0 heterocycles. The van der Waals surface area contributed by atoms with Gasteiger partial charge in [-0.1, -0.05) is 23.2 Å². The molecule has 0 saturated carbocycles. The minimum atomic E-state index is -4.39. The first-order valence-electron chi connectivity index (χ1n) is 3.37. The van der Waals surface area contributed by atoms with Crippen molar-refractivity contribution in [1.29, 1.82) is 0 Å². The van der Waals surface area contributed by atoms with Crippen LogP contribution in [0, 0.1) is 0 Å². The number of halogens is 5. The average molecular weight is 247 g/mol. The molecule has 0 unspecified atom stereocenters. The Kier molecular flexibility index (Phi) is 5.26. The number of rotatable bonds is 0. The zero-order valence-corrected chi connectivity index (χ0v) is 8.58. The molecule has 0 amide bonds. The molecule has 1 aromatic rings. The molecular weight excluding hydrogens is 240 g/mol. The van der Waals surface area contributed by atoms with Crippen LogP contribution in [0.15, 0.2) is 18.2 Å². The molecule has 0 aromatic heterocycles. The van der Waals surface area contributed by atoms with Crippen LogP contribution in [0.4, 0.5) is 13.2 Å². The van der Waals surface area contributed by atoms with E-state index in [1.165, 1.54) is 6.07 Å². The third-order valence-corrected chi connectivity index (χ3v) is 1.63. The first kappa shape index (κ1) is 13.5. The Balaban J connectivity index is 0.000000791. The highest BCUT2D eigenvalue weighted by Crippen LogP contribution is 2.32. The van der Waals surface area contributed by atoms with Gasteiger partial charge in [0.15, 0.2) is 0 Å². The van der Waals surface area contributed by atoms with Gasteiger partial charge in [0.1, 0.15) is 0 Å². The Hall–Kier alpha value is -0.450. The van der Waals surface area contributed by atoms with Gasteiger partial charge < -0.3 is 5.11 Å². The van der Waals surface area contributed by atoms with Crippen LogP contribution in [0.25, 0.3) is 0 Å². The number of benzene rings is 1. The highest BCUT2D eigenvalue weighted by Gasteiger charge is 2.30. The van der Waals surface area contributed by atoms with Crippen LogP contribution in [-0.4, -0.2) is 12.2 Å². The molecule has 0 saturated heterocycles. The first-order valence-corrected chi connectivity index (χ1v) is 4.13. The zero-order valence-electron chi connectivity index (χ0n) is 7.07. The molecule has 0 atom stereocenters. The summed E-state index contributed by atoms with van der Waals surface area (Å²) < 4.78 is 36.1. The van der Waals surface area contributed by atoms with E-state index in [0.29, 0.717) is 0 Å². The van der Waals surface area contributed by atoms with Crippen LogP contribution in [0.2, 0.25) is 10.0 Å². The molecule has 80 valence electrons. The normalized spacial score (nSPS) is 10.5. The Morgan fingerprint density at radius 1 is 1.00 bits per heavy atom. The fourth-order valence-electron chi connectivity index (χ4n) is 0.717. The van der Waals surface area contributed by atoms with E-state index in [9.17, 15) is 13.2 Å². The van der Waals surface area contributed by atoms with E-state index < -0.39 is 11.7 Å². The fourth-order valence-corrected chi connectivity index (χ4v) is 1.24. The van der Waals surface area contributed by atoms with Gasteiger partial charge in [-0.2, -0.15) is 13.2 Å². The Labute approximate surface area is 89.1 Å². The minimum Gasteiger partial charge on any atom is -0.400 e. The number of aliphatic hydroxyl groups excluding tert-OH is 1. The second kappa shape index (κ2) is 5.44. The SMILES string of the molecule is CO.FC(F)(F)c1cc(Cl)cc(Cl)c1. The number of hydrogen-bond donors (Lipinski definition) is 1. The zero-order chi connectivity index (χ0) is 11.4. The van der Waals surface area contributed by atoms with Crippen LogP contribution in [-0.2, 0) is 6.18 Å². The third-order valence-electron chi connectivity index (χ3n) is 1.19. The molecular formula is C8H7Cl2F3O. The summed E-state index contributed by atoms with van der Waals surface area (Å²) in [4.78, 5) is 0. The maximum absolute atomic E-state index is 12.0. The maximum atomic E-state index is 12.0. The summed E-state index contributed by atoms with van der Waals surface area (Å²) in [6, 6.07) is 2.90. The second-order valence-corrected chi connectivity index (χ2v) is 3.03. The van der Waals surface area contributed by atoms with Gasteiger partial charge in [-0.3, -0.25) is 0 Å². The van der Waals surface area contributed by atoms with Crippen LogP contribution >= 0.6 is 23.2 Å². The van der Waals surface area contributed by atoms with Gasteiger partial charge in [0.2, 0.25) is 0 Å². The second-order valence-electron chi connectivity index (χ2n) is 2.16. The quantitative estimate of drug-likeness (QED) is 0.742. The Morgan fingerprint density at radius 2 is 1.36 bits per heavy atom. The number of alkyl halides is 3. The van der Waals surface area contributed by atoms with Gasteiger partial charge in [0.05, 0.1) is 5.56 Å². The molecule has 1 aromatic carbocycles. The molecule has 0 radical (unpaired) electrons. The van der Waals surface area contributed by atoms with E-state index in [4.69, 9.17) is 28.3 Å². The van der Waals surface area contributed by atoms with Crippen molar-refractivity contribution < 1.29 is 18.3 Å². The van der Waals surface area contributed by atoms with Gasteiger partial charge in [0.25, 0.3) is 0 Å². The monoisotopic (exact) mass is 246 g/mol. The van der Waals surface area contributed by atoms with Crippen molar-refractivity contribution in [3.05, 3.63) is 33.8 Å². The van der Waals surface area contributed by atoms with Crippen molar-refractivity contribution >= 4 is 23.2 Å². The van der Waals surface area contributed by atoms with E-state index in [0.717, 1.165) is 19.2 Å². The summed E-state index contributed by atoms with van der Waals surface area (Å²) in [5.41, 5.74) is -0.833. The van der Waals surface area contributed by atoms with Gasteiger partial charge in [-0.05, 0) is 18.2 Å². The molecule has 0 aliphatic heterocycles. The first-order chi connectivity index (χ1) is 6.39. The van der Waals surface area contributed by atoms with E-state index in [1.807, 2.05) is 0 Å². The largest absolute Gasteiger partial charge is 0.416 e. The third kappa shape index (κ3) is 4.17. The maximum Gasteiger partial charge on any atom is 0.416 e. The molecule has 0 bridgehead atoms. The topological polar surface area (TPSA) is 20.2 Å². The summed E-state index contributed by atoms with van der Waals surface area (Å²) in [6.07, 6.45) is -4.39. The van der Waals surface area contributed by atoms with Crippen LogP contribution in [0.1, 0.15) is 5.56 Å². The lowest BCUT2D eigenvalue weighted by Crippen LogP contribution is -2.04. The van der Waals surface area contributed by atoms with E-state index >= 15 is 0 Å². The molecule has 6 heteroatoms. The summed E-state index contributed by atoms with van der Waals surface area (Å²) in [7, 11) is 1.00. The van der Waals surface area contributed by atoms with Crippen molar-refractivity contribution in [1.82, 2.24) is 0 Å². The molecule has 1 N–H and O–H groups in total. The summed E-state index contributed by atoms with van der Waals surface area (Å²) in [6.45, 7) is 0. The lowest BCUT2D eigenvalue weighted by molar-refractivity contribution is -0.137. The van der Waals surface area contributed by atoms with Crippen LogP contribution in [0.3, 0.4) is 0 Å². The molecule has 0 aliphatic rings. The van der Waals surface area contributed by atoms with Crippen molar-refractivity contribution in [3.8, 4) is 0 Å². The number of hydrogen-bond acceptors (Lipinski definition) is 1. The highest BCUT2D eigenvalue weighted by molar-refractivity contribution is 6.34. The Morgan fingerprint density at radius 3 is 1.64 bits per heavy atom. The predicted octanol–water partition coefficient (Wildman–Crippen LogP) is 3.62. The fraction of sp³-hybridized carbons (Fsp3) is 0.250. The summed E-state index contributed by atoms with van der Waals surface area (Å²) >= 11 is 10.7. The van der Waals surface area contributed by atoms with E-state index in [1.54, 1.807) is 0 Å². The summed E-state index contributed by atoms with van der Waals surface area (Å²) in [5, 5.41) is 6.96. The van der Waals surface area contributed by atoms with Crippen molar-refractivity contribution in [3.63, 3.8) is 0 Å². The Bertz CT molecular complexity index is 279. The smallest absolute Gasteiger partial charge is 0.400 e. The molecule has 0 aliphatic carbocycles. The molecule has 1 nitrogen and oxygen atoms in total. The summed E-state index contributed by atoms with van der Waals surface area (Å²) in [5.74, 6) is 0. The van der Waals surface area contributed by atoms with Crippen molar-refractivity contribution in [2.45, 2.75) is 6.18 Å². The standard InChI is InChI=1S/C7H3Cl2F3.CH4O/c8-5-1-4(7(10,11)12)2-6(9)3-5;1-2/h1-3H;2H,1H3. The van der Waals surface area contributed by atoms with Crippen LogP contribution in [0.5, 0.6) is 0 Å². The molecule has 1 rings (SSSR count). The van der Waals surface area contributed by atoms with Crippen LogP contribution < -0.4 is 0 Å². The minimum absolute atomic E-state index is 0.0187. The van der Waals surface area contributed by atoms with E-state index in [-0.39, 0.29) is 10.0 Å². The lowest BCUT2D eigenvalue weighted by atomic mass is 10.2.